The highest BCUT2D eigenvalue weighted by Gasteiger charge is 2.13. The van der Waals surface area contributed by atoms with Crippen molar-refractivity contribution >= 4 is 5.91 Å². The summed E-state index contributed by atoms with van der Waals surface area (Å²) < 4.78 is 1.72. The summed E-state index contributed by atoms with van der Waals surface area (Å²) in [4.78, 5) is 17.0. The highest BCUT2D eigenvalue weighted by atomic mass is 16.1. The zero-order valence-corrected chi connectivity index (χ0v) is 15.3. The van der Waals surface area contributed by atoms with Crippen LogP contribution >= 0.6 is 0 Å². The Bertz CT molecular complexity index is 988. The van der Waals surface area contributed by atoms with Gasteiger partial charge >= 0.3 is 0 Å². The summed E-state index contributed by atoms with van der Waals surface area (Å²) in [5, 5.41) is 20.0. The molecule has 0 spiro atoms. The average Bonchev–Trinajstić information content (AvgIpc) is 3.18. The zero-order chi connectivity index (χ0) is 19.2. The van der Waals surface area contributed by atoms with E-state index in [1.165, 1.54) is 0 Å². The Kier molecular flexibility index (Phi) is 5.57. The molecule has 2 aromatic heterocycles. The first-order valence-electron chi connectivity index (χ1n) is 8.69. The lowest BCUT2D eigenvalue weighted by molar-refractivity contribution is 0.0952. The molecule has 7 heteroatoms. The van der Waals surface area contributed by atoms with Crippen LogP contribution in [0.2, 0.25) is 0 Å². The Hall–Kier alpha value is -3.53. The predicted octanol–water partition coefficient (Wildman–Crippen LogP) is 2.65. The van der Waals surface area contributed by atoms with Crippen molar-refractivity contribution < 1.29 is 4.79 Å². The van der Waals surface area contributed by atoms with Gasteiger partial charge in [0.25, 0.3) is 5.91 Å². The molecule has 0 radical (unpaired) electrons. The number of rotatable bonds is 6. The predicted molar refractivity (Wildman–Crippen MR) is 101 cm³/mol. The third-order valence-electron chi connectivity index (χ3n) is 4.18. The highest BCUT2D eigenvalue weighted by Crippen LogP contribution is 2.25. The Morgan fingerprint density at radius 2 is 2.15 bits per heavy atom. The van der Waals surface area contributed by atoms with Gasteiger partial charge in [-0.15, -0.1) is 5.10 Å². The van der Waals surface area contributed by atoms with Crippen LogP contribution in [0.25, 0.3) is 11.3 Å². The number of benzene rings is 1. The zero-order valence-electron chi connectivity index (χ0n) is 15.3. The number of aryl methyl sites for hydroxylation is 3. The molecule has 1 amide bonds. The molecule has 0 bridgehead atoms. The van der Waals surface area contributed by atoms with E-state index >= 15 is 0 Å². The number of pyridine rings is 1. The molecular weight excluding hydrogens is 340 g/mol. The number of amides is 1. The number of carbonyl (C=O) groups is 1. The van der Waals surface area contributed by atoms with Gasteiger partial charge in [0.15, 0.2) is 0 Å². The summed E-state index contributed by atoms with van der Waals surface area (Å²) in [6.45, 7) is 5.01. The van der Waals surface area contributed by atoms with Gasteiger partial charge in [0.2, 0.25) is 0 Å². The van der Waals surface area contributed by atoms with Gasteiger partial charge in [-0.2, -0.15) is 5.26 Å². The molecule has 27 heavy (non-hydrogen) atoms. The summed E-state index contributed by atoms with van der Waals surface area (Å²) >= 11 is 0. The molecule has 0 fully saturated rings. The van der Waals surface area contributed by atoms with Crippen molar-refractivity contribution in [2.24, 2.45) is 0 Å². The van der Waals surface area contributed by atoms with Crippen LogP contribution < -0.4 is 5.32 Å². The number of nitrogens with one attached hydrogen (secondary N) is 1. The Morgan fingerprint density at radius 3 is 2.89 bits per heavy atom. The van der Waals surface area contributed by atoms with Crippen LogP contribution in [0.4, 0.5) is 0 Å². The van der Waals surface area contributed by atoms with Crippen molar-refractivity contribution in [2.45, 2.75) is 26.8 Å². The molecule has 0 aliphatic rings. The van der Waals surface area contributed by atoms with E-state index in [1.54, 1.807) is 35.3 Å². The first-order valence-corrected chi connectivity index (χ1v) is 8.69. The molecule has 0 aliphatic heterocycles. The standard InChI is InChI=1S/C20H20N6O/c1-14-11-15(2)24-19(18(14)13-21)16-5-3-6-17(12-16)20(27)22-7-4-9-26-10-8-23-25-26/h3,5-6,8,10-12H,4,7,9H2,1-2H3,(H,22,27). The van der Waals surface area contributed by atoms with E-state index < -0.39 is 0 Å². The molecular formula is C20H20N6O. The molecule has 136 valence electrons. The second-order valence-electron chi connectivity index (χ2n) is 6.27. The van der Waals surface area contributed by atoms with Gasteiger partial charge in [0, 0.05) is 36.1 Å². The molecule has 1 aromatic carbocycles. The number of hydrogen-bond acceptors (Lipinski definition) is 5. The van der Waals surface area contributed by atoms with Crippen LogP contribution in [-0.2, 0) is 6.54 Å². The van der Waals surface area contributed by atoms with Crippen molar-refractivity contribution in [1.82, 2.24) is 25.3 Å². The van der Waals surface area contributed by atoms with Crippen LogP contribution in [0.15, 0.2) is 42.7 Å². The Balaban J connectivity index is 1.72. The summed E-state index contributed by atoms with van der Waals surface area (Å²) in [6, 6.07) is 11.3. The number of nitrogens with zero attached hydrogens (tertiary/aromatic N) is 5. The largest absolute Gasteiger partial charge is 0.352 e. The van der Waals surface area contributed by atoms with Crippen molar-refractivity contribution in [3.8, 4) is 17.3 Å². The SMILES string of the molecule is Cc1cc(C)c(C#N)c(-c2cccc(C(=O)NCCCn3ccnn3)c2)n1. The molecule has 2 heterocycles. The quantitative estimate of drug-likeness (QED) is 0.682. The van der Waals surface area contributed by atoms with Gasteiger partial charge in [0.1, 0.15) is 6.07 Å². The van der Waals surface area contributed by atoms with E-state index in [2.05, 4.69) is 26.7 Å². The first kappa shape index (κ1) is 18.3. The van der Waals surface area contributed by atoms with Crippen LogP contribution in [0.5, 0.6) is 0 Å². The fraction of sp³-hybridized carbons (Fsp3) is 0.250. The van der Waals surface area contributed by atoms with E-state index in [0.29, 0.717) is 29.9 Å². The second-order valence-corrected chi connectivity index (χ2v) is 6.27. The number of aromatic nitrogens is 4. The molecule has 0 aliphatic carbocycles. The van der Waals surface area contributed by atoms with E-state index in [9.17, 15) is 10.1 Å². The first-order chi connectivity index (χ1) is 13.1. The molecule has 3 aromatic rings. The van der Waals surface area contributed by atoms with Crippen molar-refractivity contribution in [3.63, 3.8) is 0 Å². The summed E-state index contributed by atoms with van der Waals surface area (Å²) in [7, 11) is 0. The molecule has 0 saturated heterocycles. The van der Waals surface area contributed by atoms with Crippen LogP contribution in [-0.4, -0.2) is 32.4 Å². The monoisotopic (exact) mass is 360 g/mol. The Morgan fingerprint density at radius 1 is 1.30 bits per heavy atom. The number of carbonyl (C=O) groups excluding carboxylic acids is 1. The Labute approximate surface area is 157 Å². The van der Waals surface area contributed by atoms with E-state index in [1.807, 2.05) is 26.0 Å². The minimum atomic E-state index is -0.154. The van der Waals surface area contributed by atoms with Gasteiger partial charge in [-0.25, -0.2) is 0 Å². The lowest BCUT2D eigenvalue weighted by atomic mass is 10.00. The van der Waals surface area contributed by atoms with Gasteiger partial charge in [-0.05, 0) is 44.0 Å². The molecule has 0 saturated carbocycles. The fourth-order valence-corrected chi connectivity index (χ4v) is 2.89. The van der Waals surface area contributed by atoms with E-state index in [4.69, 9.17) is 0 Å². The summed E-state index contributed by atoms with van der Waals surface area (Å²) in [5.41, 5.74) is 4.15. The van der Waals surface area contributed by atoms with Gasteiger partial charge in [0.05, 0.1) is 17.5 Å². The minimum absolute atomic E-state index is 0.154. The van der Waals surface area contributed by atoms with Crippen LogP contribution in [0, 0.1) is 25.2 Å². The molecule has 0 unspecified atom stereocenters. The molecule has 0 atom stereocenters. The highest BCUT2D eigenvalue weighted by molar-refractivity contribution is 5.95. The van der Waals surface area contributed by atoms with Gasteiger partial charge in [-0.1, -0.05) is 17.3 Å². The van der Waals surface area contributed by atoms with Crippen LogP contribution in [0.3, 0.4) is 0 Å². The molecule has 3 rings (SSSR count). The van der Waals surface area contributed by atoms with Crippen molar-refractivity contribution in [2.75, 3.05) is 6.54 Å². The summed E-state index contributed by atoms with van der Waals surface area (Å²) in [6.07, 6.45) is 4.17. The van der Waals surface area contributed by atoms with Gasteiger partial charge < -0.3 is 5.32 Å². The lowest BCUT2D eigenvalue weighted by Crippen LogP contribution is -2.25. The van der Waals surface area contributed by atoms with Crippen molar-refractivity contribution in [3.05, 3.63) is 65.1 Å². The minimum Gasteiger partial charge on any atom is -0.352 e. The second kappa shape index (κ2) is 8.23. The third kappa shape index (κ3) is 4.36. The topological polar surface area (TPSA) is 96.5 Å². The van der Waals surface area contributed by atoms with E-state index in [-0.39, 0.29) is 5.91 Å². The maximum atomic E-state index is 12.4. The number of nitriles is 1. The smallest absolute Gasteiger partial charge is 0.251 e. The van der Waals surface area contributed by atoms with Gasteiger partial charge in [-0.3, -0.25) is 14.5 Å². The van der Waals surface area contributed by atoms with Crippen LogP contribution in [0.1, 0.15) is 33.6 Å². The van der Waals surface area contributed by atoms with Crippen molar-refractivity contribution in [1.29, 1.82) is 5.26 Å². The normalized spacial score (nSPS) is 10.4. The lowest BCUT2D eigenvalue weighted by Gasteiger charge is -2.10. The number of hydrogen-bond donors (Lipinski definition) is 1. The van der Waals surface area contributed by atoms with E-state index in [0.717, 1.165) is 23.2 Å². The summed E-state index contributed by atoms with van der Waals surface area (Å²) in [5.74, 6) is -0.154. The maximum absolute atomic E-state index is 12.4. The fourth-order valence-electron chi connectivity index (χ4n) is 2.89. The third-order valence-corrected chi connectivity index (χ3v) is 4.18. The molecule has 1 N–H and O–H groups in total. The average molecular weight is 360 g/mol. The maximum Gasteiger partial charge on any atom is 0.251 e. The molecule has 7 nitrogen and oxygen atoms in total.